The second kappa shape index (κ2) is 7.67. The van der Waals surface area contributed by atoms with Crippen LogP contribution in [0.25, 0.3) is 10.2 Å². The van der Waals surface area contributed by atoms with Gasteiger partial charge in [0.15, 0.2) is 0 Å². The fraction of sp³-hybridized carbons (Fsp3) is 0.333. The van der Waals surface area contributed by atoms with E-state index in [1.807, 2.05) is 30.3 Å². The number of aromatic nitrogens is 2. The lowest BCUT2D eigenvalue weighted by atomic mass is 9.89. The predicted molar refractivity (Wildman–Crippen MR) is 112 cm³/mol. The van der Waals surface area contributed by atoms with Crippen molar-refractivity contribution in [2.45, 2.75) is 39.2 Å². The molecule has 0 bridgehead atoms. The quantitative estimate of drug-likeness (QED) is 0.545. The first kappa shape index (κ1) is 18.6. The molecule has 4 rings (SSSR count). The smallest absolute Gasteiger partial charge is 0.263 e. The van der Waals surface area contributed by atoms with Gasteiger partial charge in [-0.1, -0.05) is 37.3 Å². The van der Waals surface area contributed by atoms with Gasteiger partial charge in [0.1, 0.15) is 10.9 Å². The van der Waals surface area contributed by atoms with Crippen LogP contribution in [0.4, 0.5) is 0 Å². The predicted octanol–water partition coefficient (Wildman–Crippen LogP) is 3.29. The number of carbonyl (C=O) groups excluding carboxylic acids is 1. The van der Waals surface area contributed by atoms with Crippen LogP contribution >= 0.6 is 11.3 Å². The molecule has 0 saturated heterocycles. The highest BCUT2D eigenvalue weighted by Crippen LogP contribution is 2.35. The Morgan fingerprint density at radius 1 is 1.39 bits per heavy atom. The molecular formula is C21H22N4O2S. The van der Waals surface area contributed by atoms with Crippen LogP contribution in [0.1, 0.15) is 42.3 Å². The van der Waals surface area contributed by atoms with Crippen molar-refractivity contribution in [1.29, 1.82) is 0 Å². The van der Waals surface area contributed by atoms with E-state index in [1.165, 1.54) is 15.8 Å². The molecule has 1 aromatic carbocycles. The number of nitrogens with one attached hydrogen (secondary N) is 1. The fourth-order valence-electron chi connectivity index (χ4n) is 3.55. The van der Waals surface area contributed by atoms with E-state index in [0.29, 0.717) is 11.3 Å². The summed E-state index contributed by atoms with van der Waals surface area (Å²) >= 11 is 1.61. The molecule has 0 radical (unpaired) electrons. The van der Waals surface area contributed by atoms with E-state index in [0.717, 1.165) is 35.2 Å². The van der Waals surface area contributed by atoms with Gasteiger partial charge in [-0.05, 0) is 43.2 Å². The van der Waals surface area contributed by atoms with Crippen LogP contribution in [-0.4, -0.2) is 21.7 Å². The average Bonchev–Trinajstić information content (AvgIpc) is 3.06. The van der Waals surface area contributed by atoms with Gasteiger partial charge in [-0.2, -0.15) is 5.10 Å². The largest absolute Gasteiger partial charge is 0.286 e. The third kappa shape index (κ3) is 3.49. The van der Waals surface area contributed by atoms with E-state index < -0.39 is 6.04 Å². The molecule has 2 heterocycles. The van der Waals surface area contributed by atoms with Crippen molar-refractivity contribution >= 4 is 33.7 Å². The van der Waals surface area contributed by atoms with Gasteiger partial charge in [-0.3, -0.25) is 14.2 Å². The number of fused-ring (bicyclic) bond motifs is 3. The van der Waals surface area contributed by atoms with Crippen molar-refractivity contribution in [2.75, 3.05) is 0 Å². The standard InChI is InChI=1S/C21H22N4O2S/c1-13-8-9-16-17(10-13)28-20-18(16)21(27)25(12-22-20)14(2)19(26)24-23-11-15-6-4-3-5-7-15/h3-7,11-14H,8-10H2,1-2H3,(H,24,26)/b23-11-/t13-,14-/m0/s1. The SMILES string of the molecule is C[C@H]1CCc2c(sc3ncn([C@@H](C)C(=O)N/N=C\c4ccccc4)c(=O)c23)C1. The Bertz CT molecular complexity index is 1100. The number of hydrogen-bond donors (Lipinski definition) is 1. The summed E-state index contributed by atoms with van der Waals surface area (Å²) in [6.07, 6.45) is 6.03. The second-order valence-electron chi connectivity index (χ2n) is 7.31. The molecule has 0 unspecified atom stereocenters. The zero-order chi connectivity index (χ0) is 19.7. The van der Waals surface area contributed by atoms with Crippen molar-refractivity contribution in [3.63, 3.8) is 0 Å². The summed E-state index contributed by atoms with van der Waals surface area (Å²) in [6, 6.07) is 8.79. The maximum absolute atomic E-state index is 13.1. The maximum Gasteiger partial charge on any atom is 0.263 e. The first-order valence-corrected chi connectivity index (χ1v) is 10.3. The molecule has 0 aliphatic heterocycles. The molecule has 0 spiro atoms. The Morgan fingerprint density at radius 2 is 2.18 bits per heavy atom. The lowest BCUT2D eigenvalue weighted by molar-refractivity contribution is -0.123. The fourth-order valence-corrected chi connectivity index (χ4v) is 4.89. The molecule has 2 atom stereocenters. The van der Waals surface area contributed by atoms with E-state index in [9.17, 15) is 9.59 Å². The van der Waals surface area contributed by atoms with E-state index in [-0.39, 0.29) is 11.5 Å². The van der Waals surface area contributed by atoms with Gasteiger partial charge in [0, 0.05) is 4.88 Å². The molecule has 2 aromatic heterocycles. The minimum Gasteiger partial charge on any atom is -0.286 e. The molecular weight excluding hydrogens is 372 g/mol. The molecule has 0 fully saturated rings. The molecule has 1 aliphatic rings. The first-order chi connectivity index (χ1) is 13.5. The highest BCUT2D eigenvalue weighted by Gasteiger charge is 2.25. The number of amides is 1. The van der Waals surface area contributed by atoms with Crippen LogP contribution in [0, 0.1) is 5.92 Å². The number of nitrogens with zero attached hydrogens (tertiary/aromatic N) is 3. The Hall–Kier alpha value is -2.80. The zero-order valence-corrected chi connectivity index (χ0v) is 16.7. The summed E-state index contributed by atoms with van der Waals surface area (Å²) in [5.74, 6) is 0.281. The minimum atomic E-state index is -0.699. The molecule has 1 aliphatic carbocycles. The van der Waals surface area contributed by atoms with Crippen molar-refractivity contribution in [1.82, 2.24) is 15.0 Å². The van der Waals surface area contributed by atoms with E-state index in [2.05, 4.69) is 22.4 Å². The van der Waals surface area contributed by atoms with Gasteiger partial charge in [0.25, 0.3) is 11.5 Å². The lowest BCUT2D eigenvalue weighted by Gasteiger charge is -2.18. The van der Waals surface area contributed by atoms with Crippen LogP contribution < -0.4 is 11.0 Å². The molecule has 1 amide bonds. The molecule has 1 N–H and O–H groups in total. The molecule has 28 heavy (non-hydrogen) atoms. The molecule has 3 aromatic rings. The highest BCUT2D eigenvalue weighted by molar-refractivity contribution is 7.18. The lowest BCUT2D eigenvalue weighted by Crippen LogP contribution is -2.34. The zero-order valence-electron chi connectivity index (χ0n) is 15.9. The minimum absolute atomic E-state index is 0.147. The molecule has 7 heteroatoms. The van der Waals surface area contributed by atoms with Gasteiger partial charge >= 0.3 is 0 Å². The normalized spacial score (nSPS) is 17.6. The summed E-state index contributed by atoms with van der Waals surface area (Å²) in [5, 5.41) is 4.67. The number of hydrogen-bond acceptors (Lipinski definition) is 5. The molecule has 6 nitrogen and oxygen atoms in total. The maximum atomic E-state index is 13.1. The van der Waals surface area contributed by atoms with Crippen molar-refractivity contribution in [2.24, 2.45) is 11.0 Å². The van der Waals surface area contributed by atoms with E-state index in [4.69, 9.17) is 0 Å². The van der Waals surface area contributed by atoms with Gasteiger partial charge < -0.3 is 0 Å². The third-order valence-corrected chi connectivity index (χ3v) is 6.39. The average molecular weight is 395 g/mol. The van der Waals surface area contributed by atoms with Gasteiger partial charge in [0.05, 0.1) is 17.9 Å². The van der Waals surface area contributed by atoms with Crippen molar-refractivity contribution in [3.8, 4) is 0 Å². The number of aryl methyl sites for hydroxylation is 1. The Morgan fingerprint density at radius 3 is 2.96 bits per heavy atom. The molecule has 144 valence electrons. The first-order valence-electron chi connectivity index (χ1n) is 9.44. The van der Waals surface area contributed by atoms with E-state index >= 15 is 0 Å². The topological polar surface area (TPSA) is 76.3 Å². The van der Waals surface area contributed by atoms with Crippen molar-refractivity contribution in [3.05, 3.63) is 63.0 Å². The monoisotopic (exact) mass is 394 g/mol. The van der Waals surface area contributed by atoms with Gasteiger partial charge in [0.2, 0.25) is 0 Å². The second-order valence-corrected chi connectivity index (χ2v) is 8.39. The Kier molecular flexibility index (Phi) is 5.09. The highest BCUT2D eigenvalue weighted by atomic mass is 32.1. The molecule has 0 saturated carbocycles. The third-order valence-electron chi connectivity index (χ3n) is 5.23. The summed E-state index contributed by atoms with van der Waals surface area (Å²) in [4.78, 5) is 32.1. The number of rotatable bonds is 4. The summed E-state index contributed by atoms with van der Waals surface area (Å²) < 4.78 is 1.40. The van der Waals surface area contributed by atoms with Gasteiger partial charge in [-0.15, -0.1) is 11.3 Å². The number of carbonyl (C=O) groups is 1. The van der Waals surface area contributed by atoms with Crippen LogP contribution in [-0.2, 0) is 17.6 Å². The Labute approximate surface area is 166 Å². The Balaban J connectivity index is 1.58. The van der Waals surface area contributed by atoms with Crippen LogP contribution in [0.5, 0.6) is 0 Å². The number of benzene rings is 1. The van der Waals surface area contributed by atoms with E-state index in [1.54, 1.807) is 24.5 Å². The van der Waals surface area contributed by atoms with Crippen molar-refractivity contribution < 1.29 is 4.79 Å². The summed E-state index contributed by atoms with van der Waals surface area (Å²) in [7, 11) is 0. The number of hydrazone groups is 1. The van der Waals surface area contributed by atoms with Gasteiger partial charge in [-0.25, -0.2) is 10.4 Å². The summed E-state index contributed by atoms with van der Waals surface area (Å²) in [6.45, 7) is 3.92. The van der Waals surface area contributed by atoms with Crippen LogP contribution in [0.3, 0.4) is 0 Å². The van der Waals surface area contributed by atoms with Crippen LogP contribution in [0.15, 0.2) is 46.6 Å². The summed E-state index contributed by atoms with van der Waals surface area (Å²) in [5.41, 5.74) is 4.37. The van der Waals surface area contributed by atoms with Crippen LogP contribution in [0.2, 0.25) is 0 Å². The number of thiophene rings is 1.